The lowest BCUT2D eigenvalue weighted by Gasteiger charge is -2.29. The van der Waals surface area contributed by atoms with Gasteiger partial charge in [0.05, 0.1) is 16.5 Å². The summed E-state index contributed by atoms with van der Waals surface area (Å²) in [6, 6.07) is 2.32. The van der Waals surface area contributed by atoms with Crippen LogP contribution in [0.3, 0.4) is 0 Å². The van der Waals surface area contributed by atoms with E-state index in [1.165, 1.54) is 12.1 Å². The molecule has 0 spiro atoms. The summed E-state index contributed by atoms with van der Waals surface area (Å²) in [5.74, 6) is -0.313. The second kappa shape index (κ2) is 5.44. The van der Waals surface area contributed by atoms with Gasteiger partial charge in [0.15, 0.2) is 9.84 Å². The van der Waals surface area contributed by atoms with Gasteiger partial charge in [0.1, 0.15) is 5.82 Å². The van der Waals surface area contributed by atoms with Crippen molar-refractivity contribution < 1.29 is 12.8 Å². The van der Waals surface area contributed by atoms with Crippen LogP contribution in [0.2, 0.25) is 10.0 Å². The Morgan fingerprint density at radius 3 is 2.60 bits per heavy atom. The molecular weight excluding hydrogens is 324 g/mol. The molecule has 1 aromatic rings. The van der Waals surface area contributed by atoms with E-state index in [-0.39, 0.29) is 22.6 Å². The maximum absolute atomic E-state index is 13.5. The largest absolute Gasteiger partial charge is 0.304 e. The first kappa shape index (κ1) is 16.0. The Labute approximate surface area is 128 Å². The molecule has 112 valence electrons. The first-order valence-corrected chi connectivity index (χ1v) is 8.83. The van der Waals surface area contributed by atoms with Crippen LogP contribution in [0.15, 0.2) is 12.1 Å². The van der Waals surface area contributed by atoms with Gasteiger partial charge in [0.25, 0.3) is 0 Å². The van der Waals surface area contributed by atoms with Crippen LogP contribution in [0.4, 0.5) is 4.39 Å². The molecule has 1 N–H and O–H groups in total. The van der Waals surface area contributed by atoms with E-state index in [2.05, 4.69) is 5.32 Å². The molecule has 1 aliphatic rings. The van der Waals surface area contributed by atoms with E-state index in [1.54, 1.807) is 6.92 Å². The van der Waals surface area contributed by atoms with E-state index in [4.69, 9.17) is 23.2 Å². The Balaban J connectivity index is 2.26. The van der Waals surface area contributed by atoms with Crippen molar-refractivity contribution in [1.82, 2.24) is 5.32 Å². The average Bonchev–Trinajstić information content (AvgIpc) is 2.58. The van der Waals surface area contributed by atoms with Gasteiger partial charge in [0.2, 0.25) is 0 Å². The number of hydrogen-bond donors (Lipinski definition) is 1. The third kappa shape index (κ3) is 3.27. The number of benzene rings is 1. The van der Waals surface area contributed by atoms with Gasteiger partial charge in [0, 0.05) is 22.2 Å². The van der Waals surface area contributed by atoms with Crippen molar-refractivity contribution in [3.8, 4) is 0 Å². The van der Waals surface area contributed by atoms with Crippen LogP contribution in [0.1, 0.15) is 31.9 Å². The molecule has 2 unspecified atom stereocenters. The second-order valence-corrected chi connectivity index (χ2v) is 8.49. The average molecular weight is 340 g/mol. The minimum absolute atomic E-state index is 0.0260. The topological polar surface area (TPSA) is 46.2 Å². The molecule has 1 aliphatic heterocycles. The summed E-state index contributed by atoms with van der Waals surface area (Å²) >= 11 is 12.0. The molecule has 0 bridgehead atoms. The van der Waals surface area contributed by atoms with Crippen LogP contribution < -0.4 is 5.32 Å². The summed E-state index contributed by atoms with van der Waals surface area (Å²) in [6.45, 7) is 3.64. The monoisotopic (exact) mass is 339 g/mol. The maximum atomic E-state index is 13.5. The SMILES string of the molecule is CC(NC1(C)CCS(=O)(=O)C1)c1c(Cl)ccc(F)c1Cl. The van der Waals surface area contributed by atoms with Gasteiger partial charge in [-0.3, -0.25) is 0 Å². The van der Waals surface area contributed by atoms with Gasteiger partial charge in [-0.15, -0.1) is 0 Å². The zero-order valence-corrected chi connectivity index (χ0v) is 13.5. The van der Waals surface area contributed by atoms with E-state index in [1.807, 2.05) is 6.92 Å². The summed E-state index contributed by atoms with van der Waals surface area (Å²) in [5.41, 5.74) is -0.0871. The standard InChI is InChI=1S/C13H16Cl2FNO2S/c1-8(11-9(14)3-4-10(16)12(11)15)17-13(2)5-6-20(18,19)7-13/h3-4,8,17H,5-7H2,1-2H3. The minimum atomic E-state index is -3.01. The molecule has 0 aliphatic carbocycles. The van der Waals surface area contributed by atoms with Crippen molar-refractivity contribution >= 4 is 33.0 Å². The Hall–Kier alpha value is -0.360. The van der Waals surface area contributed by atoms with Gasteiger partial charge in [-0.1, -0.05) is 23.2 Å². The van der Waals surface area contributed by atoms with Crippen molar-refractivity contribution in [2.45, 2.75) is 31.8 Å². The van der Waals surface area contributed by atoms with Crippen molar-refractivity contribution in [1.29, 1.82) is 0 Å². The highest BCUT2D eigenvalue weighted by Crippen LogP contribution is 2.34. The second-order valence-electron chi connectivity index (χ2n) is 5.53. The molecule has 0 amide bonds. The third-order valence-corrected chi connectivity index (χ3v) is 6.20. The van der Waals surface area contributed by atoms with Crippen LogP contribution in [0, 0.1) is 5.82 Å². The normalized spacial score (nSPS) is 26.6. The third-order valence-electron chi connectivity index (χ3n) is 3.58. The lowest BCUT2D eigenvalue weighted by molar-refractivity contribution is 0.355. The van der Waals surface area contributed by atoms with Crippen LogP contribution in [-0.4, -0.2) is 25.5 Å². The number of hydrogen-bond acceptors (Lipinski definition) is 3. The lowest BCUT2D eigenvalue weighted by Crippen LogP contribution is -2.44. The number of sulfone groups is 1. The molecule has 2 atom stereocenters. The summed E-state index contributed by atoms with van der Waals surface area (Å²) in [5, 5.41) is 3.56. The smallest absolute Gasteiger partial charge is 0.152 e. The molecule has 1 heterocycles. The van der Waals surface area contributed by atoms with Gasteiger partial charge < -0.3 is 5.32 Å². The number of nitrogens with one attached hydrogen (secondary N) is 1. The molecule has 0 radical (unpaired) electrons. The summed E-state index contributed by atoms with van der Waals surface area (Å²) in [4.78, 5) is 0. The van der Waals surface area contributed by atoms with E-state index < -0.39 is 21.2 Å². The van der Waals surface area contributed by atoms with Crippen molar-refractivity contribution in [2.24, 2.45) is 0 Å². The van der Waals surface area contributed by atoms with E-state index in [0.717, 1.165) is 0 Å². The van der Waals surface area contributed by atoms with Crippen molar-refractivity contribution in [2.75, 3.05) is 11.5 Å². The number of rotatable bonds is 3. The fourth-order valence-electron chi connectivity index (χ4n) is 2.66. The van der Waals surface area contributed by atoms with Gasteiger partial charge in [-0.25, -0.2) is 12.8 Å². The molecule has 7 heteroatoms. The summed E-state index contributed by atoms with van der Waals surface area (Å²) in [6.07, 6.45) is 0.518. The fraction of sp³-hybridized carbons (Fsp3) is 0.538. The minimum Gasteiger partial charge on any atom is -0.304 e. The lowest BCUT2D eigenvalue weighted by atomic mass is 9.98. The summed E-state index contributed by atoms with van der Waals surface area (Å²) in [7, 11) is -3.01. The zero-order chi connectivity index (χ0) is 15.1. The predicted molar refractivity (Wildman–Crippen MR) is 79.6 cm³/mol. The Bertz CT molecular complexity index is 636. The molecule has 1 fully saturated rings. The highest BCUT2D eigenvalue weighted by molar-refractivity contribution is 7.91. The Kier molecular flexibility index (Phi) is 4.36. The molecule has 0 saturated carbocycles. The molecule has 2 rings (SSSR count). The van der Waals surface area contributed by atoms with Crippen LogP contribution in [0.5, 0.6) is 0 Å². The molecule has 20 heavy (non-hydrogen) atoms. The van der Waals surface area contributed by atoms with E-state index in [9.17, 15) is 12.8 Å². The quantitative estimate of drug-likeness (QED) is 0.859. The molecule has 1 aromatic carbocycles. The van der Waals surface area contributed by atoms with Crippen LogP contribution >= 0.6 is 23.2 Å². The van der Waals surface area contributed by atoms with Crippen molar-refractivity contribution in [3.63, 3.8) is 0 Å². The fourth-order valence-corrected chi connectivity index (χ4v) is 5.46. The van der Waals surface area contributed by atoms with Crippen LogP contribution in [0.25, 0.3) is 0 Å². The van der Waals surface area contributed by atoms with Gasteiger partial charge in [-0.05, 0) is 32.4 Å². The summed E-state index contributed by atoms with van der Waals surface area (Å²) < 4.78 is 36.7. The maximum Gasteiger partial charge on any atom is 0.152 e. The number of halogens is 3. The van der Waals surface area contributed by atoms with E-state index >= 15 is 0 Å². The van der Waals surface area contributed by atoms with Crippen LogP contribution in [-0.2, 0) is 9.84 Å². The zero-order valence-electron chi connectivity index (χ0n) is 11.2. The molecule has 0 aromatic heterocycles. The van der Waals surface area contributed by atoms with E-state index in [0.29, 0.717) is 17.0 Å². The van der Waals surface area contributed by atoms with Gasteiger partial charge in [-0.2, -0.15) is 0 Å². The molecule has 1 saturated heterocycles. The predicted octanol–water partition coefficient (Wildman–Crippen LogP) is 3.36. The Morgan fingerprint density at radius 1 is 1.40 bits per heavy atom. The first-order chi connectivity index (χ1) is 9.14. The first-order valence-electron chi connectivity index (χ1n) is 6.25. The highest BCUT2D eigenvalue weighted by atomic mass is 35.5. The van der Waals surface area contributed by atoms with Crippen molar-refractivity contribution in [3.05, 3.63) is 33.6 Å². The highest BCUT2D eigenvalue weighted by Gasteiger charge is 2.39. The van der Waals surface area contributed by atoms with Gasteiger partial charge >= 0.3 is 0 Å². The molecular formula is C13H16Cl2FNO2S. The molecule has 3 nitrogen and oxygen atoms in total. The Morgan fingerprint density at radius 2 is 2.05 bits per heavy atom.